The molecule has 0 aromatic heterocycles. The molecule has 4 heteroatoms. The van der Waals surface area contributed by atoms with Gasteiger partial charge in [-0.3, -0.25) is 0 Å². The van der Waals surface area contributed by atoms with Crippen LogP contribution in [-0.4, -0.2) is 17.2 Å². The van der Waals surface area contributed by atoms with Crippen molar-refractivity contribution in [1.82, 2.24) is 0 Å². The molecule has 0 spiro atoms. The van der Waals surface area contributed by atoms with Crippen LogP contribution in [0.25, 0.3) is 0 Å². The lowest BCUT2D eigenvalue weighted by Crippen LogP contribution is -1.76. The van der Waals surface area contributed by atoms with Gasteiger partial charge in [0.15, 0.2) is 0 Å². The highest BCUT2D eigenvalue weighted by molar-refractivity contribution is 8.93. The Morgan fingerprint density at radius 3 is 1.38 bits per heavy atom. The van der Waals surface area contributed by atoms with Crippen LogP contribution in [0.2, 0.25) is 0 Å². The van der Waals surface area contributed by atoms with Crippen LogP contribution in [0.3, 0.4) is 0 Å². The molecule has 0 aliphatic heterocycles. The average molecular weight is 268 g/mol. The minimum atomic E-state index is -0.576. The molecule has 0 bridgehead atoms. The van der Waals surface area contributed by atoms with Crippen LogP contribution in [0.15, 0.2) is 0 Å². The average Bonchev–Trinajstić information content (AvgIpc) is 1.65. The monoisotopic (exact) mass is 266 g/mol. The molecule has 8 heavy (non-hydrogen) atoms. The van der Waals surface area contributed by atoms with Crippen LogP contribution in [0.1, 0.15) is 13.8 Å². The molecule has 0 aromatic rings. The van der Waals surface area contributed by atoms with E-state index in [0.29, 0.717) is 0 Å². The second-order valence-electron chi connectivity index (χ2n) is 1.14. The first kappa shape index (κ1) is 16.2. The molecule has 0 unspecified atom stereocenters. The molecule has 54 valence electrons. The largest absolute Gasteiger partial charge is 0.374 e. The van der Waals surface area contributed by atoms with Crippen LogP contribution in [-0.2, 0) is 0 Å². The molecular formula is C4H13Br2OP. The maximum absolute atomic E-state index is 8.73. The predicted molar refractivity (Wildman–Crippen MR) is 50.9 cm³/mol. The summed E-state index contributed by atoms with van der Waals surface area (Å²) >= 11 is 0. The third kappa shape index (κ3) is 10.4. The third-order valence-corrected chi connectivity index (χ3v) is 2.19. The quantitative estimate of drug-likeness (QED) is 0.763. The van der Waals surface area contributed by atoms with Gasteiger partial charge in [0.2, 0.25) is 0 Å². The third-order valence-electron chi connectivity index (χ3n) is 0.730. The summed E-state index contributed by atoms with van der Waals surface area (Å²) in [5.74, 6) is 0. The molecule has 0 saturated heterocycles. The van der Waals surface area contributed by atoms with E-state index in [9.17, 15) is 0 Å². The summed E-state index contributed by atoms with van der Waals surface area (Å²) < 4.78 is 0. The molecule has 0 saturated carbocycles. The maximum atomic E-state index is 8.73. The Morgan fingerprint density at radius 1 is 1.12 bits per heavy atom. The van der Waals surface area contributed by atoms with Crippen molar-refractivity contribution in [2.75, 3.05) is 12.3 Å². The molecule has 0 amide bonds. The van der Waals surface area contributed by atoms with E-state index in [0.717, 1.165) is 12.3 Å². The summed E-state index contributed by atoms with van der Waals surface area (Å²) in [7, 11) is -0.576. The first-order valence-corrected chi connectivity index (χ1v) is 3.91. The summed E-state index contributed by atoms with van der Waals surface area (Å²) in [6, 6.07) is 0. The number of rotatable bonds is 2. The van der Waals surface area contributed by atoms with Gasteiger partial charge in [-0.2, -0.15) is 0 Å². The molecule has 0 radical (unpaired) electrons. The van der Waals surface area contributed by atoms with E-state index < -0.39 is 8.15 Å². The highest BCUT2D eigenvalue weighted by Gasteiger charge is 1.90. The highest BCUT2D eigenvalue weighted by Crippen LogP contribution is 2.26. The van der Waals surface area contributed by atoms with E-state index >= 15 is 0 Å². The van der Waals surface area contributed by atoms with Crippen molar-refractivity contribution in [3.63, 3.8) is 0 Å². The second kappa shape index (κ2) is 11.2. The van der Waals surface area contributed by atoms with Crippen molar-refractivity contribution in [1.29, 1.82) is 0 Å². The fourth-order valence-corrected chi connectivity index (χ4v) is 0.671. The van der Waals surface area contributed by atoms with Crippen molar-refractivity contribution < 1.29 is 4.89 Å². The lowest BCUT2D eigenvalue weighted by atomic mass is 11.0. The first-order valence-electron chi connectivity index (χ1n) is 2.25. The zero-order valence-electron chi connectivity index (χ0n) is 5.13. The van der Waals surface area contributed by atoms with E-state index in [1.165, 1.54) is 0 Å². The van der Waals surface area contributed by atoms with Crippen molar-refractivity contribution in [2.45, 2.75) is 13.8 Å². The summed E-state index contributed by atoms with van der Waals surface area (Å²) in [4.78, 5) is 8.73. The molecule has 0 atom stereocenters. The van der Waals surface area contributed by atoms with Gasteiger partial charge in [0.1, 0.15) is 0 Å². The zero-order chi connectivity index (χ0) is 4.99. The van der Waals surface area contributed by atoms with Crippen molar-refractivity contribution >= 4 is 42.1 Å². The van der Waals surface area contributed by atoms with Gasteiger partial charge >= 0.3 is 0 Å². The normalized spacial score (nSPS) is 7.50. The molecule has 0 rings (SSSR count). The highest BCUT2D eigenvalue weighted by atomic mass is 79.9. The fraction of sp³-hybridized carbons (Fsp3) is 1.00. The number of halogens is 2. The SMILES string of the molecule is Br.Br.CCP(O)CC. The van der Waals surface area contributed by atoms with Gasteiger partial charge < -0.3 is 4.89 Å². The summed E-state index contributed by atoms with van der Waals surface area (Å²) in [5, 5.41) is 0. The Bertz CT molecular complexity index is 33.2. The van der Waals surface area contributed by atoms with Crippen LogP contribution in [0.4, 0.5) is 0 Å². The summed E-state index contributed by atoms with van der Waals surface area (Å²) in [6.07, 6.45) is 1.90. The van der Waals surface area contributed by atoms with Crippen molar-refractivity contribution in [3.05, 3.63) is 0 Å². The molecular weight excluding hydrogens is 255 g/mol. The van der Waals surface area contributed by atoms with Gasteiger partial charge in [-0.05, 0) is 12.3 Å². The van der Waals surface area contributed by atoms with Gasteiger partial charge in [-0.1, -0.05) is 13.8 Å². The van der Waals surface area contributed by atoms with Crippen LogP contribution >= 0.6 is 42.1 Å². The van der Waals surface area contributed by atoms with Gasteiger partial charge in [0.25, 0.3) is 0 Å². The van der Waals surface area contributed by atoms with E-state index in [1.54, 1.807) is 0 Å². The lowest BCUT2D eigenvalue weighted by Gasteiger charge is -1.98. The number of hydrogen-bond donors (Lipinski definition) is 1. The summed E-state index contributed by atoms with van der Waals surface area (Å²) in [5.41, 5.74) is 0. The van der Waals surface area contributed by atoms with Gasteiger partial charge in [0.05, 0.1) is 0 Å². The minimum Gasteiger partial charge on any atom is -0.374 e. The first-order chi connectivity index (χ1) is 2.81. The molecule has 0 aliphatic rings. The van der Waals surface area contributed by atoms with Crippen LogP contribution in [0, 0.1) is 0 Å². The lowest BCUT2D eigenvalue weighted by molar-refractivity contribution is 0.626. The topological polar surface area (TPSA) is 20.2 Å². The maximum Gasteiger partial charge on any atom is 0.0245 e. The standard InChI is InChI=1S/C4H11OP.2BrH/c1-3-6(5)4-2;;/h5H,3-4H2,1-2H3;2*1H. The van der Waals surface area contributed by atoms with E-state index in [2.05, 4.69) is 0 Å². The molecule has 0 heterocycles. The van der Waals surface area contributed by atoms with E-state index in [1.807, 2.05) is 13.8 Å². The Morgan fingerprint density at radius 2 is 1.38 bits per heavy atom. The molecule has 0 aromatic carbocycles. The number of hydrogen-bond acceptors (Lipinski definition) is 1. The van der Waals surface area contributed by atoms with Gasteiger partial charge in [-0.15, -0.1) is 34.0 Å². The fourth-order valence-electron chi connectivity index (χ4n) is 0.224. The van der Waals surface area contributed by atoms with E-state index in [4.69, 9.17) is 4.89 Å². The zero-order valence-corrected chi connectivity index (χ0v) is 9.45. The molecule has 1 nitrogen and oxygen atoms in total. The Balaban J connectivity index is -0.000000125. The molecule has 0 aliphatic carbocycles. The van der Waals surface area contributed by atoms with Gasteiger partial charge in [-0.25, -0.2) is 0 Å². The van der Waals surface area contributed by atoms with E-state index in [-0.39, 0.29) is 34.0 Å². The smallest absolute Gasteiger partial charge is 0.0245 e. The van der Waals surface area contributed by atoms with Gasteiger partial charge in [0, 0.05) is 8.15 Å². The molecule has 1 N–H and O–H groups in total. The Kier molecular flexibility index (Phi) is 22.6. The van der Waals surface area contributed by atoms with Crippen LogP contribution in [0.5, 0.6) is 0 Å². The predicted octanol–water partition coefficient (Wildman–Crippen LogP) is 2.57. The summed E-state index contributed by atoms with van der Waals surface area (Å²) in [6.45, 7) is 4.02. The minimum absolute atomic E-state index is 0. The van der Waals surface area contributed by atoms with Crippen molar-refractivity contribution in [3.8, 4) is 0 Å². The Hall–Kier alpha value is 1.35. The van der Waals surface area contributed by atoms with Crippen LogP contribution < -0.4 is 0 Å². The van der Waals surface area contributed by atoms with Crippen molar-refractivity contribution in [2.24, 2.45) is 0 Å². The molecule has 0 fully saturated rings. The Labute approximate surface area is 73.2 Å². The second-order valence-corrected chi connectivity index (χ2v) is 3.42.